The van der Waals surface area contributed by atoms with Gasteiger partial charge in [-0.05, 0) is 12.8 Å². The second kappa shape index (κ2) is 4.75. The van der Waals surface area contributed by atoms with Crippen LogP contribution in [0.1, 0.15) is 27.2 Å². The van der Waals surface area contributed by atoms with Gasteiger partial charge in [0.2, 0.25) is 0 Å². The fourth-order valence-corrected chi connectivity index (χ4v) is 1.30. The lowest BCUT2D eigenvalue weighted by Crippen LogP contribution is -2.35. The lowest BCUT2D eigenvalue weighted by Gasteiger charge is -2.19. The fourth-order valence-electron chi connectivity index (χ4n) is 1.30. The molecule has 0 aromatic carbocycles. The maximum atomic E-state index is 11.5. The van der Waals surface area contributed by atoms with Crippen molar-refractivity contribution in [1.29, 1.82) is 0 Å². The third kappa shape index (κ3) is 2.96. The Bertz CT molecular complexity index is 206. The molecule has 0 spiro atoms. The van der Waals surface area contributed by atoms with Crippen LogP contribution in [0.5, 0.6) is 0 Å². The smallest absolute Gasteiger partial charge is 0.323 e. The topological polar surface area (TPSA) is 58.6 Å². The van der Waals surface area contributed by atoms with Gasteiger partial charge in [-0.1, -0.05) is 13.8 Å². The van der Waals surface area contributed by atoms with E-state index in [1.165, 1.54) is 0 Å². The van der Waals surface area contributed by atoms with E-state index in [9.17, 15) is 9.90 Å². The molecule has 4 nitrogen and oxygen atoms in total. The molecule has 1 aliphatic rings. The molecule has 0 amide bonds. The number of hydrogen-bond donors (Lipinski definition) is 2. The number of carbonyl (C=O) groups excluding carboxylic acids is 1. The highest BCUT2D eigenvalue weighted by atomic mass is 16.5. The Hall–Kier alpha value is -0.610. The SMILES string of the molecule is CC(C)C(C)OC(=O)[C@@H]1C[C@H](O)CN1. The normalized spacial score (nSPS) is 29.2. The zero-order valence-electron chi connectivity index (χ0n) is 8.99. The lowest BCUT2D eigenvalue weighted by atomic mass is 10.1. The maximum Gasteiger partial charge on any atom is 0.323 e. The molecule has 1 aliphatic heterocycles. The van der Waals surface area contributed by atoms with Crippen molar-refractivity contribution >= 4 is 5.97 Å². The summed E-state index contributed by atoms with van der Waals surface area (Å²) in [5.74, 6) is 0.0769. The van der Waals surface area contributed by atoms with Crippen LogP contribution in [0.4, 0.5) is 0 Å². The summed E-state index contributed by atoms with van der Waals surface area (Å²) in [5.41, 5.74) is 0. The van der Waals surface area contributed by atoms with Crippen LogP contribution in [-0.2, 0) is 9.53 Å². The largest absolute Gasteiger partial charge is 0.461 e. The molecule has 4 heteroatoms. The summed E-state index contributed by atoms with van der Waals surface area (Å²) >= 11 is 0. The van der Waals surface area contributed by atoms with Crippen molar-refractivity contribution in [2.24, 2.45) is 5.92 Å². The number of rotatable bonds is 3. The molecule has 0 aromatic rings. The van der Waals surface area contributed by atoms with Gasteiger partial charge in [-0.3, -0.25) is 4.79 Å². The molecule has 0 aromatic heterocycles. The quantitative estimate of drug-likeness (QED) is 0.645. The second-order valence-electron chi connectivity index (χ2n) is 4.24. The maximum absolute atomic E-state index is 11.5. The molecule has 1 rings (SSSR count). The number of aliphatic hydroxyl groups excluding tert-OH is 1. The average molecular weight is 201 g/mol. The summed E-state index contributed by atoms with van der Waals surface area (Å²) in [5, 5.41) is 12.1. The molecule has 3 atom stereocenters. The van der Waals surface area contributed by atoms with Crippen LogP contribution in [0.15, 0.2) is 0 Å². The van der Waals surface area contributed by atoms with E-state index < -0.39 is 6.10 Å². The Morgan fingerprint density at radius 2 is 2.14 bits per heavy atom. The van der Waals surface area contributed by atoms with Crippen LogP contribution >= 0.6 is 0 Å². The van der Waals surface area contributed by atoms with Gasteiger partial charge in [-0.25, -0.2) is 0 Å². The minimum absolute atomic E-state index is 0.0676. The first-order chi connectivity index (χ1) is 6.50. The Labute approximate surface area is 84.6 Å². The highest BCUT2D eigenvalue weighted by Gasteiger charge is 2.30. The number of esters is 1. The van der Waals surface area contributed by atoms with Gasteiger partial charge in [0, 0.05) is 13.0 Å². The molecule has 14 heavy (non-hydrogen) atoms. The summed E-state index contributed by atoms with van der Waals surface area (Å²) in [7, 11) is 0. The van der Waals surface area contributed by atoms with E-state index in [-0.39, 0.29) is 18.1 Å². The molecule has 2 N–H and O–H groups in total. The van der Waals surface area contributed by atoms with Crippen molar-refractivity contribution in [2.75, 3.05) is 6.54 Å². The predicted molar refractivity (Wildman–Crippen MR) is 52.8 cm³/mol. The van der Waals surface area contributed by atoms with Crippen molar-refractivity contribution in [3.8, 4) is 0 Å². The Kier molecular flexibility index (Phi) is 3.89. The summed E-state index contributed by atoms with van der Waals surface area (Å²) in [6.45, 7) is 6.38. The molecule has 1 fully saturated rings. The molecular formula is C10H19NO3. The van der Waals surface area contributed by atoms with Gasteiger partial charge >= 0.3 is 5.97 Å². The van der Waals surface area contributed by atoms with Gasteiger partial charge in [0.15, 0.2) is 0 Å². The van der Waals surface area contributed by atoms with Crippen LogP contribution in [-0.4, -0.2) is 35.9 Å². The van der Waals surface area contributed by atoms with Crippen LogP contribution in [0.25, 0.3) is 0 Å². The molecule has 0 bridgehead atoms. The van der Waals surface area contributed by atoms with Crippen molar-refractivity contribution in [3.63, 3.8) is 0 Å². The molecule has 1 heterocycles. The molecule has 0 saturated carbocycles. The number of nitrogens with one attached hydrogen (secondary N) is 1. The van der Waals surface area contributed by atoms with Gasteiger partial charge in [-0.15, -0.1) is 0 Å². The Morgan fingerprint density at radius 1 is 1.50 bits per heavy atom. The zero-order chi connectivity index (χ0) is 10.7. The van der Waals surface area contributed by atoms with E-state index >= 15 is 0 Å². The zero-order valence-corrected chi connectivity index (χ0v) is 8.99. The number of hydrogen-bond acceptors (Lipinski definition) is 4. The first kappa shape index (κ1) is 11.5. The minimum atomic E-state index is -0.415. The minimum Gasteiger partial charge on any atom is -0.461 e. The third-order valence-electron chi connectivity index (χ3n) is 2.63. The van der Waals surface area contributed by atoms with E-state index in [1.54, 1.807) is 0 Å². The van der Waals surface area contributed by atoms with Gasteiger partial charge < -0.3 is 15.2 Å². The summed E-state index contributed by atoms with van der Waals surface area (Å²) in [4.78, 5) is 11.5. The summed E-state index contributed by atoms with van der Waals surface area (Å²) in [6.07, 6.45) is -0.0205. The van der Waals surface area contributed by atoms with E-state index in [0.29, 0.717) is 18.9 Å². The Morgan fingerprint density at radius 3 is 2.57 bits per heavy atom. The lowest BCUT2D eigenvalue weighted by molar-refractivity contribution is -0.152. The van der Waals surface area contributed by atoms with E-state index in [2.05, 4.69) is 5.32 Å². The van der Waals surface area contributed by atoms with Gasteiger partial charge in [-0.2, -0.15) is 0 Å². The second-order valence-corrected chi connectivity index (χ2v) is 4.24. The number of ether oxygens (including phenoxy) is 1. The van der Waals surface area contributed by atoms with Crippen LogP contribution < -0.4 is 5.32 Å². The highest BCUT2D eigenvalue weighted by Crippen LogP contribution is 2.12. The van der Waals surface area contributed by atoms with Crippen molar-refractivity contribution in [3.05, 3.63) is 0 Å². The van der Waals surface area contributed by atoms with E-state index in [0.717, 1.165) is 0 Å². The molecular weight excluding hydrogens is 182 g/mol. The van der Waals surface area contributed by atoms with Crippen LogP contribution in [0.3, 0.4) is 0 Å². The summed E-state index contributed by atoms with van der Waals surface area (Å²) < 4.78 is 5.23. The van der Waals surface area contributed by atoms with Gasteiger partial charge in [0.25, 0.3) is 0 Å². The monoisotopic (exact) mass is 201 g/mol. The summed E-state index contributed by atoms with van der Waals surface area (Å²) in [6, 6.07) is -0.328. The standard InChI is InChI=1S/C10H19NO3/c1-6(2)7(3)14-10(13)9-4-8(12)5-11-9/h6-9,11-12H,4-5H2,1-3H3/t7?,8-,9-/m0/s1. The van der Waals surface area contributed by atoms with E-state index in [4.69, 9.17) is 4.74 Å². The third-order valence-corrected chi connectivity index (χ3v) is 2.63. The predicted octanol–water partition coefficient (Wildman–Crippen LogP) is 0.297. The van der Waals surface area contributed by atoms with E-state index in [1.807, 2.05) is 20.8 Å². The average Bonchev–Trinajstić information content (AvgIpc) is 2.51. The first-order valence-corrected chi connectivity index (χ1v) is 5.12. The van der Waals surface area contributed by atoms with Crippen molar-refractivity contribution in [1.82, 2.24) is 5.32 Å². The molecule has 82 valence electrons. The van der Waals surface area contributed by atoms with Gasteiger partial charge in [0.05, 0.1) is 6.10 Å². The first-order valence-electron chi connectivity index (χ1n) is 5.12. The molecule has 1 unspecified atom stereocenters. The van der Waals surface area contributed by atoms with Crippen LogP contribution in [0, 0.1) is 5.92 Å². The highest BCUT2D eigenvalue weighted by molar-refractivity contribution is 5.76. The van der Waals surface area contributed by atoms with Crippen molar-refractivity contribution < 1.29 is 14.6 Å². The fraction of sp³-hybridized carbons (Fsp3) is 0.900. The number of β-amino-alcohol motifs (C(OH)–C–C–N with tert-alkyl or cyclic N) is 1. The Balaban J connectivity index is 2.35. The van der Waals surface area contributed by atoms with Crippen molar-refractivity contribution in [2.45, 2.75) is 45.4 Å². The molecule has 0 aliphatic carbocycles. The van der Waals surface area contributed by atoms with Crippen LogP contribution in [0.2, 0.25) is 0 Å². The molecule has 0 radical (unpaired) electrons. The molecule has 1 saturated heterocycles. The number of carbonyl (C=O) groups is 1. The van der Waals surface area contributed by atoms with Gasteiger partial charge in [0.1, 0.15) is 12.1 Å². The number of aliphatic hydroxyl groups is 1.